The van der Waals surface area contributed by atoms with Crippen molar-refractivity contribution in [1.82, 2.24) is 4.90 Å². The Labute approximate surface area is 258 Å². The SMILES string of the molecule is CCS(=O)(=O)N1c2ccc(OCC3CCCCN3C(=O)OCc3ccccc3)cc2CC1c1ccc2ccc(C#N)cc2c1. The van der Waals surface area contributed by atoms with Gasteiger partial charge in [-0.15, -0.1) is 0 Å². The molecule has 0 bridgehead atoms. The summed E-state index contributed by atoms with van der Waals surface area (Å²) in [6.07, 6.45) is 2.91. The Morgan fingerprint density at radius 3 is 2.59 bits per heavy atom. The van der Waals surface area contributed by atoms with Gasteiger partial charge >= 0.3 is 6.09 Å². The zero-order valence-electron chi connectivity index (χ0n) is 24.7. The second-order valence-corrected chi connectivity index (χ2v) is 13.5. The van der Waals surface area contributed by atoms with E-state index in [1.54, 1.807) is 24.0 Å². The standard InChI is InChI=1S/C35H35N3O5S/c1-2-44(40,41)38-33-16-15-32(20-30(33)21-34(38)28-14-13-27-12-11-26(22-36)18-29(27)19-28)42-24-31-10-6-7-17-37(31)35(39)43-23-25-8-4-3-5-9-25/h3-5,8-9,11-16,18-20,31,34H,2,6-7,10,17,21,23-24H2,1H3. The Hall–Kier alpha value is -4.55. The fourth-order valence-electron chi connectivity index (χ4n) is 6.18. The Balaban J connectivity index is 1.19. The summed E-state index contributed by atoms with van der Waals surface area (Å²) in [5, 5.41) is 11.3. The summed E-state index contributed by atoms with van der Waals surface area (Å²) in [7, 11) is -3.58. The number of carbonyl (C=O) groups is 1. The molecule has 0 radical (unpaired) electrons. The van der Waals surface area contributed by atoms with Gasteiger partial charge in [0, 0.05) is 13.0 Å². The zero-order valence-corrected chi connectivity index (χ0v) is 25.5. The van der Waals surface area contributed by atoms with Crippen LogP contribution in [0.2, 0.25) is 0 Å². The van der Waals surface area contributed by atoms with Crippen LogP contribution in [0, 0.1) is 11.3 Å². The van der Waals surface area contributed by atoms with Crippen LogP contribution in [-0.2, 0) is 27.8 Å². The van der Waals surface area contributed by atoms with Crippen molar-refractivity contribution < 1.29 is 22.7 Å². The monoisotopic (exact) mass is 609 g/mol. The third-order valence-electron chi connectivity index (χ3n) is 8.54. The van der Waals surface area contributed by atoms with Gasteiger partial charge in [0.25, 0.3) is 0 Å². The number of nitrogens with zero attached hydrogens (tertiary/aromatic N) is 3. The van der Waals surface area contributed by atoms with Gasteiger partial charge in [0.15, 0.2) is 0 Å². The largest absolute Gasteiger partial charge is 0.491 e. The normalized spacial score (nSPS) is 18.1. The third-order valence-corrected chi connectivity index (χ3v) is 10.3. The third kappa shape index (κ3) is 6.08. The Bertz CT molecular complexity index is 1820. The quantitative estimate of drug-likeness (QED) is 0.220. The van der Waals surface area contributed by atoms with E-state index in [0.29, 0.717) is 36.6 Å². The van der Waals surface area contributed by atoms with Crippen LogP contribution in [0.3, 0.4) is 0 Å². The molecule has 0 saturated carbocycles. The maximum absolute atomic E-state index is 13.4. The van der Waals surface area contributed by atoms with E-state index in [1.165, 1.54) is 4.31 Å². The summed E-state index contributed by atoms with van der Waals surface area (Å²) < 4.78 is 40.1. The minimum atomic E-state index is -3.58. The van der Waals surface area contributed by atoms with Crippen molar-refractivity contribution >= 4 is 32.6 Å². The number of amides is 1. The molecule has 1 amide bonds. The molecule has 0 spiro atoms. The molecule has 226 valence electrons. The van der Waals surface area contributed by atoms with Gasteiger partial charge in [0.1, 0.15) is 19.0 Å². The first kappa shape index (κ1) is 29.5. The van der Waals surface area contributed by atoms with Crippen LogP contribution in [-0.4, -0.2) is 44.4 Å². The number of piperidine rings is 1. The van der Waals surface area contributed by atoms with Gasteiger partial charge in [-0.2, -0.15) is 5.26 Å². The molecule has 8 nitrogen and oxygen atoms in total. The lowest BCUT2D eigenvalue weighted by atomic mass is 9.98. The van der Waals surface area contributed by atoms with Crippen LogP contribution in [0.15, 0.2) is 84.9 Å². The first-order valence-electron chi connectivity index (χ1n) is 15.1. The van der Waals surface area contributed by atoms with Crippen molar-refractivity contribution in [1.29, 1.82) is 5.26 Å². The van der Waals surface area contributed by atoms with Crippen LogP contribution in [0.25, 0.3) is 10.8 Å². The van der Waals surface area contributed by atoms with E-state index in [0.717, 1.165) is 46.7 Å². The highest BCUT2D eigenvalue weighted by Gasteiger charge is 2.38. The topological polar surface area (TPSA) is 99.9 Å². The highest BCUT2D eigenvalue weighted by atomic mass is 32.2. The number of benzene rings is 4. The van der Waals surface area contributed by atoms with Gasteiger partial charge < -0.3 is 14.4 Å². The van der Waals surface area contributed by atoms with E-state index >= 15 is 0 Å². The number of hydrogen-bond donors (Lipinski definition) is 0. The molecule has 2 aliphatic rings. The van der Waals surface area contributed by atoms with Crippen molar-refractivity contribution in [3.63, 3.8) is 0 Å². The number of sulfonamides is 1. The first-order chi connectivity index (χ1) is 21.4. The van der Waals surface area contributed by atoms with Gasteiger partial charge in [-0.1, -0.05) is 48.5 Å². The fourth-order valence-corrected chi connectivity index (χ4v) is 7.52. The number of rotatable bonds is 8. The smallest absolute Gasteiger partial charge is 0.410 e. The minimum Gasteiger partial charge on any atom is -0.491 e. The van der Waals surface area contributed by atoms with Crippen LogP contribution >= 0.6 is 0 Å². The highest BCUT2D eigenvalue weighted by molar-refractivity contribution is 7.92. The predicted molar refractivity (Wildman–Crippen MR) is 170 cm³/mol. The first-order valence-corrected chi connectivity index (χ1v) is 16.7. The molecule has 1 saturated heterocycles. The van der Waals surface area contributed by atoms with Crippen LogP contribution in [0.1, 0.15) is 54.5 Å². The van der Waals surface area contributed by atoms with E-state index in [9.17, 15) is 18.5 Å². The number of fused-ring (bicyclic) bond motifs is 2. The van der Waals surface area contributed by atoms with Crippen molar-refractivity contribution in [3.8, 4) is 11.8 Å². The molecule has 4 aromatic rings. The fraction of sp³-hybridized carbons (Fsp3) is 0.314. The second-order valence-electron chi connectivity index (χ2n) is 11.3. The number of nitriles is 1. The number of carbonyl (C=O) groups excluding carboxylic acids is 1. The Kier molecular flexibility index (Phi) is 8.45. The van der Waals surface area contributed by atoms with Crippen LogP contribution in [0.4, 0.5) is 10.5 Å². The molecule has 2 unspecified atom stereocenters. The lowest BCUT2D eigenvalue weighted by Crippen LogP contribution is -2.46. The van der Waals surface area contributed by atoms with Crippen LogP contribution in [0.5, 0.6) is 5.75 Å². The molecule has 44 heavy (non-hydrogen) atoms. The highest BCUT2D eigenvalue weighted by Crippen LogP contribution is 2.44. The van der Waals surface area contributed by atoms with Gasteiger partial charge in [0.05, 0.1) is 35.2 Å². The number of anilines is 1. The molecule has 0 N–H and O–H groups in total. The molecule has 0 aromatic heterocycles. The van der Waals surface area contributed by atoms with E-state index in [4.69, 9.17) is 9.47 Å². The summed E-state index contributed by atoms with van der Waals surface area (Å²) in [5.41, 5.74) is 3.91. The van der Waals surface area contributed by atoms with Crippen LogP contribution < -0.4 is 9.04 Å². The summed E-state index contributed by atoms with van der Waals surface area (Å²) in [6, 6.07) is 28.3. The molecule has 9 heteroatoms. The molecule has 2 heterocycles. The summed E-state index contributed by atoms with van der Waals surface area (Å²) in [6.45, 7) is 2.83. The van der Waals surface area contributed by atoms with Crippen molar-refractivity contribution in [2.24, 2.45) is 0 Å². The Morgan fingerprint density at radius 1 is 0.977 bits per heavy atom. The van der Waals surface area contributed by atoms with E-state index < -0.39 is 16.1 Å². The Morgan fingerprint density at radius 2 is 1.80 bits per heavy atom. The summed E-state index contributed by atoms with van der Waals surface area (Å²) in [5.74, 6) is 0.615. The molecule has 0 aliphatic carbocycles. The molecule has 2 atom stereocenters. The molecule has 1 fully saturated rings. The van der Waals surface area contributed by atoms with Gasteiger partial charge in [-0.05, 0) is 90.0 Å². The predicted octanol–water partition coefficient (Wildman–Crippen LogP) is 6.74. The molecule has 6 rings (SSSR count). The average Bonchev–Trinajstić information content (AvgIpc) is 3.46. The molecule has 4 aromatic carbocycles. The van der Waals surface area contributed by atoms with Gasteiger partial charge in [0.2, 0.25) is 10.0 Å². The number of ether oxygens (including phenoxy) is 2. The van der Waals surface area contributed by atoms with E-state index in [1.807, 2.05) is 72.8 Å². The minimum absolute atomic E-state index is 0.0226. The van der Waals surface area contributed by atoms with E-state index in [-0.39, 0.29) is 24.5 Å². The summed E-state index contributed by atoms with van der Waals surface area (Å²) in [4.78, 5) is 14.7. The average molecular weight is 610 g/mol. The lowest BCUT2D eigenvalue weighted by Gasteiger charge is -2.34. The molecular weight excluding hydrogens is 574 g/mol. The second kappa shape index (κ2) is 12.6. The van der Waals surface area contributed by atoms with Crippen molar-refractivity contribution in [3.05, 3.63) is 107 Å². The lowest BCUT2D eigenvalue weighted by molar-refractivity contribution is 0.0538. The van der Waals surface area contributed by atoms with E-state index in [2.05, 4.69) is 6.07 Å². The number of hydrogen-bond acceptors (Lipinski definition) is 6. The van der Waals surface area contributed by atoms with Gasteiger partial charge in [-0.25, -0.2) is 13.2 Å². The zero-order chi connectivity index (χ0) is 30.7. The maximum atomic E-state index is 13.4. The van der Waals surface area contributed by atoms with Crippen molar-refractivity contribution in [2.45, 2.75) is 51.3 Å². The van der Waals surface area contributed by atoms with Gasteiger partial charge in [-0.3, -0.25) is 4.31 Å². The molecule has 2 aliphatic heterocycles. The van der Waals surface area contributed by atoms with Crippen molar-refractivity contribution in [2.75, 3.05) is 23.2 Å². The maximum Gasteiger partial charge on any atom is 0.410 e. The number of likely N-dealkylation sites (tertiary alicyclic amines) is 1. The molecular formula is C35H35N3O5S. The summed E-state index contributed by atoms with van der Waals surface area (Å²) >= 11 is 0.